The molecule has 0 bridgehead atoms. The molecule has 0 amide bonds. The maximum Gasteiger partial charge on any atom is 0.0109 e. The van der Waals surface area contributed by atoms with Crippen LogP contribution in [0.1, 0.15) is 40.0 Å². The van der Waals surface area contributed by atoms with Crippen LogP contribution in [0.15, 0.2) is 0 Å². The number of hydrogen-bond acceptors (Lipinski definition) is 3. The molecule has 0 saturated carbocycles. The van der Waals surface area contributed by atoms with Crippen LogP contribution >= 0.6 is 0 Å². The monoisotopic (exact) mass is 241 g/mol. The predicted molar refractivity (Wildman–Crippen MR) is 75.5 cm³/mol. The second kappa shape index (κ2) is 8.06. The van der Waals surface area contributed by atoms with Gasteiger partial charge in [-0.15, -0.1) is 0 Å². The Kier molecular flexibility index (Phi) is 7.09. The van der Waals surface area contributed by atoms with Gasteiger partial charge in [-0.2, -0.15) is 0 Å². The summed E-state index contributed by atoms with van der Waals surface area (Å²) in [5, 5.41) is 3.49. The molecular weight excluding hydrogens is 210 g/mol. The van der Waals surface area contributed by atoms with Crippen molar-refractivity contribution >= 4 is 0 Å². The van der Waals surface area contributed by atoms with Gasteiger partial charge in [0.25, 0.3) is 0 Å². The second-order valence-electron chi connectivity index (χ2n) is 5.57. The number of nitrogens with zero attached hydrogens (tertiary/aromatic N) is 2. The summed E-state index contributed by atoms with van der Waals surface area (Å²) in [6.07, 6.45) is 4.04. The first-order valence-corrected chi connectivity index (χ1v) is 7.29. The molecule has 3 heteroatoms. The molecule has 2 unspecified atom stereocenters. The van der Waals surface area contributed by atoms with Crippen molar-refractivity contribution in [2.45, 2.75) is 52.1 Å². The standard InChI is InChI=1S/C14H31N3/c1-5-15-13(2)12-14(3)16(4)10-11-17-8-6-7-9-17/h13-15H,5-12H2,1-4H3. The fraction of sp³-hybridized carbons (Fsp3) is 1.00. The van der Waals surface area contributed by atoms with Crippen molar-refractivity contribution in [1.29, 1.82) is 0 Å². The minimum Gasteiger partial charge on any atom is -0.314 e. The lowest BCUT2D eigenvalue weighted by atomic mass is 10.1. The molecule has 0 aromatic rings. The molecule has 1 heterocycles. The first kappa shape index (κ1) is 14.9. The molecule has 1 rings (SSSR count). The van der Waals surface area contributed by atoms with Crippen LogP contribution in [0.4, 0.5) is 0 Å². The van der Waals surface area contributed by atoms with E-state index in [0.717, 1.165) is 6.54 Å². The average molecular weight is 241 g/mol. The molecule has 1 aliphatic heterocycles. The Morgan fingerprint density at radius 1 is 1.24 bits per heavy atom. The Hall–Kier alpha value is -0.120. The van der Waals surface area contributed by atoms with Crippen molar-refractivity contribution in [2.75, 3.05) is 39.8 Å². The van der Waals surface area contributed by atoms with Crippen LogP contribution in [0.2, 0.25) is 0 Å². The summed E-state index contributed by atoms with van der Waals surface area (Å²) in [6.45, 7) is 13.0. The molecule has 1 aliphatic rings. The molecule has 0 aromatic heterocycles. The lowest BCUT2D eigenvalue weighted by molar-refractivity contribution is 0.198. The van der Waals surface area contributed by atoms with E-state index in [-0.39, 0.29) is 0 Å². The van der Waals surface area contributed by atoms with Crippen molar-refractivity contribution in [3.8, 4) is 0 Å². The molecule has 1 saturated heterocycles. The van der Waals surface area contributed by atoms with Gasteiger partial charge in [-0.25, -0.2) is 0 Å². The number of hydrogen-bond donors (Lipinski definition) is 1. The summed E-state index contributed by atoms with van der Waals surface area (Å²) >= 11 is 0. The first-order valence-electron chi connectivity index (χ1n) is 7.29. The molecule has 1 N–H and O–H groups in total. The van der Waals surface area contributed by atoms with E-state index in [1.165, 1.54) is 45.4 Å². The van der Waals surface area contributed by atoms with Gasteiger partial charge in [0.1, 0.15) is 0 Å². The zero-order chi connectivity index (χ0) is 12.7. The third-order valence-corrected chi connectivity index (χ3v) is 3.97. The van der Waals surface area contributed by atoms with E-state index in [1.54, 1.807) is 0 Å². The van der Waals surface area contributed by atoms with Gasteiger partial charge < -0.3 is 15.1 Å². The zero-order valence-corrected chi connectivity index (χ0v) is 12.2. The van der Waals surface area contributed by atoms with Crippen LogP contribution < -0.4 is 5.32 Å². The van der Waals surface area contributed by atoms with Gasteiger partial charge >= 0.3 is 0 Å². The van der Waals surface area contributed by atoms with Crippen molar-refractivity contribution in [2.24, 2.45) is 0 Å². The summed E-state index contributed by atoms with van der Waals surface area (Å²) in [5.41, 5.74) is 0. The Bertz CT molecular complexity index is 190. The van der Waals surface area contributed by atoms with Crippen molar-refractivity contribution in [1.82, 2.24) is 15.1 Å². The summed E-state index contributed by atoms with van der Waals surface area (Å²) in [7, 11) is 2.26. The summed E-state index contributed by atoms with van der Waals surface area (Å²) in [5.74, 6) is 0. The van der Waals surface area contributed by atoms with E-state index in [1.807, 2.05) is 0 Å². The van der Waals surface area contributed by atoms with Gasteiger partial charge in [-0.1, -0.05) is 6.92 Å². The third kappa shape index (κ3) is 5.84. The smallest absolute Gasteiger partial charge is 0.0109 e. The van der Waals surface area contributed by atoms with Crippen molar-refractivity contribution in [3.05, 3.63) is 0 Å². The largest absolute Gasteiger partial charge is 0.314 e. The highest BCUT2D eigenvalue weighted by Gasteiger charge is 2.15. The number of rotatable bonds is 8. The number of likely N-dealkylation sites (N-methyl/N-ethyl adjacent to an activating group) is 1. The van der Waals surface area contributed by atoms with E-state index in [2.05, 4.69) is 42.9 Å². The molecule has 0 aromatic carbocycles. The van der Waals surface area contributed by atoms with Crippen LogP contribution in [0.25, 0.3) is 0 Å². The molecule has 0 radical (unpaired) electrons. The Balaban J connectivity index is 2.14. The van der Waals surface area contributed by atoms with Crippen LogP contribution in [0.3, 0.4) is 0 Å². The van der Waals surface area contributed by atoms with Crippen LogP contribution in [-0.4, -0.2) is 61.7 Å². The maximum atomic E-state index is 3.49. The quantitative estimate of drug-likeness (QED) is 0.699. The minimum absolute atomic E-state index is 0.629. The predicted octanol–water partition coefficient (Wildman–Crippen LogP) is 1.79. The zero-order valence-electron chi connectivity index (χ0n) is 12.2. The van der Waals surface area contributed by atoms with Gasteiger partial charge in [0.05, 0.1) is 0 Å². The number of nitrogens with one attached hydrogen (secondary N) is 1. The number of likely N-dealkylation sites (tertiary alicyclic amines) is 1. The van der Waals surface area contributed by atoms with E-state index in [0.29, 0.717) is 12.1 Å². The average Bonchev–Trinajstić information content (AvgIpc) is 2.78. The van der Waals surface area contributed by atoms with Gasteiger partial charge in [-0.3, -0.25) is 0 Å². The fourth-order valence-electron chi connectivity index (χ4n) is 2.65. The van der Waals surface area contributed by atoms with E-state index >= 15 is 0 Å². The van der Waals surface area contributed by atoms with Crippen LogP contribution in [0, 0.1) is 0 Å². The molecule has 102 valence electrons. The lowest BCUT2D eigenvalue weighted by Gasteiger charge is -2.29. The molecule has 0 aliphatic carbocycles. The normalized spacial score (nSPS) is 21.0. The van der Waals surface area contributed by atoms with Crippen molar-refractivity contribution in [3.63, 3.8) is 0 Å². The minimum atomic E-state index is 0.629. The molecule has 3 nitrogen and oxygen atoms in total. The van der Waals surface area contributed by atoms with Gasteiger partial charge in [-0.05, 0) is 59.8 Å². The van der Waals surface area contributed by atoms with Gasteiger partial charge in [0.15, 0.2) is 0 Å². The highest BCUT2D eigenvalue weighted by Crippen LogP contribution is 2.09. The fourth-order valence-corrected chi connectivity index (χ4v) is 2.65. The Labute approximate surface area is 108 Å². The Morgan fingerprint density at radius 2 is 1.88 bits per heavy atom. The third-order valence-electron chi connectivity index (χ3n) is 3.97. The van der Waals surface area contributed by atoms with E-state index in [9.17, 15) is 0 Å². The Morgan fingerprint density at radius 3 is 2.47 bits per heavy atom. The summed E-state index contributed by atoms with van der Waals surface area (Å²) < 4.78 is 0. The van der Waals surface area contributed by atoms with E-state index < -0.39 is 0 Å². The summed E-state index contributed by atoms with van der Waals surface area (Å²) in [4.78, 5) is 5.10. The topological polar surface area (TPSA) is 18.5 Å². The van der Waals surface area contributed by atoms with Gasteiger partial charge in [0, 0.05) is 25.2 Å². The highest BCUT2D eigenvalue weighted by atomic mass is 15.2. The second-order valence-corrected chi connectivity index (χ2v) is 5.57. The van der Waals surface area contributed by atoms with Crippen LogP contribution in [0.5, 0.6) is 0 Å². The molecule has 1 fully saturated rings. The lowest BCUT2D eigenvalue weighted by Crippen LogP contribution is -2.40. The van der Waals surface area contributed by atoms with Crippen molar-refractivity contribution < 1.29 is 0 Å². The highest BCUT2D eigenvalue weighted by molar-refractivity contribution is 4.73. The molecule has 17 heavy (non-hydrogen) atoms. The SMILES string of the molecule is CCNC(C)CC(C)N(C)CCN1CCCC1. The molecule has 2 atom stereocenters. The first-order chi connectivity index (χ1) is 8.13. The molecule has 0 spiro atoms. The van der Waals surface area contributed by atoms with Gasteiger partial charge in [0.2, 0.25) is 0 Å². The molecular formula is C14H31N3. The maximum absolute atomic E-state index is 3.49. The van der Waals surface area contributed by atoms with Crippen LogP contribution in [-0.2, 0) is 0 Å². The van der Waals surface area contributed by atoms with E-state index in [4.69, 9.17) is 0 Å². The summed E-state index contributed by atoms with van der Waals surface area (Å²) in [6, 6.07) is 1.30.